The molecule has 0 fully saturated rings. The van der Waals surface area contributed by atoms with Crippen LogP contribution >= 0.6 is 0 Å². The molecule has 0 saturated carbocycles. The van der Waals surface area contributed by atoms with Gasteiger partial charge in [0.1, 0.15) is 6.04 Å². The zero-order chi connectivity index (χ0) is 22.2. The van der Waals surface area contributed by atoms with E-state index in [1.165, 1.54) is 0 Å². The molecule has 1 aromatic carbocycles. The van der Waals surface area contributed by atoms with Gasteiger partial charge in [-0.3, -0.25) is 0 Å². The van der Waals surface area contributed by atoms with Crippen LogP contribution in [0.3, 0.4) is 0 Å². The molecule has 2 heterocycles. The Labute approximate surface area is 182 Å². The molecule has 0 amide bonds. The molecule has 9 heteroatoms. The van der Waals surface area contributed by atoms with Gasteiger partial charge in [0, 0.05) is 5.70 Å². The lowest BCUT2D eigenvalue weighted by Gasteiger charge is -2.27. The third-order valence-electron chi connectivity index (χ3n) is 5.17. The minimum Gasteiger partial charge on any atom is -0.493 e. The summed E-state index contributed by atoms with van der Waals surface area (Å²) in [5.74, 6) is 1.34. The molecule has 2 aromatic rings. The molecule has 0 bridgehead atoms. The zero-order valence-electron chi connectivity index (χ0n) is 18.7. The Morgan fingerprint density at radius 3 is 2.68 bits per heavy atom. The van der Waals surface area contributed by atoms with E-state index in [0.717, 1.165) is 37.7 Å². The number of hydrogen-bond donors (Lipinski definition) is 1. The maximum atomic E-state index is 13.0. The Morgan fingerprint density at radius 2 is 1.94 bits per heavy atom. The van der Waals surface area contributed by atoms with E-state index in [-0.39, 0.29) is 5.97 Å². The molecule has 0 aliphatic carbocycles. The zero-order valence-corrected chi connectivity index (χ0v) is 18.7. The van der Waals surface area contributed by atoms with Crippen LogP contribution in [0.4, 0.5) is 5.95 Å². The fourth-order valence-electron chi connectivity index (χ4n) is 3.48. The van der Waals surface area contributed by atoms with E-state index >= 15 is 0 Å². The number of rotatable bonds is 11. The molecule has 0 radical (unpaired) electrons. The summed E-state index contributed by atoms with van der Waals surface area (Å²) in [6.07, 6.45) is 4.99. The highest BCUT2D eigenvalue weighted by Crippen LogP contribution is 2.38. The average Bonchev–Trinajstić information content (AvgIpc) is 3.24. The van der Waals surface area contributed by atoms with Gasteiger partial charge in [0.05, 0.1) is 25.9 Å². The van der Waals surface area contributed by atoms with E-state index in [2.05, 4.69) is 34.7 Å². The van der Waals surface area contributed by atoms with Crippen LogP contribution in [0, 0.1) is 0 Å². The molecule has 1 N–H and O–H groups in total. The number of aromatic nitrogens is 4. The number of carbonyl (C=O) groups excluding carboxylic acids is 1. The second-order valence-corrected chi connectivity index (χ2v) is 7.47. The maximum absolute atomic E-state index is 13.0. The first-order chi connectivity index (χ1) is 15.1. The Hall–Kier alpha value is -3.10. The number of benzene rings is 1. The van der Waals surface area contributed by atoms with Crippen molar-refractivity contribution >= 4 is 11.9 Å². The lowest BCUT2D eigenvalue weighted by Crippen LogP contribution is -2.30. The van der Waals surface area contributed by atoms with E-state index < -0.39 is 6.04 Å². The lowest BCUT2D eigenvalue weighted by atomic mass is 9.95. The summed E-state index contributed by atoms with van der Waals surface area (Å²) in [5, 5.41) is 15.0. The van der Waals surface area contributed by atoms with Gasteiger partial charge in [-0.2, -0.15) is 4.68 Å². The molecule has 3 rings (SSSR count). The van der Waals surface area contributed by atoms with Crippen molar-refractivity contribution in [2.45, 2.75) is 58.9 Å². The number of ether oxygens (including phenoxy) is 3. The standard InChI is InChI=1S/C22H31N5O4/c1-5-7-9-13-30-17-11-10-16(14-18(17)29-4)20-19(21(28)31-12-8-6-2)15(3)23-22-24-25-26-27(20)22/h10-11,14,20H,5-9,12-13H2,1-4H3,(H,23,24,26). The predicted octanol–water partition coefficient (Wildman–Crippen LogP) is 3.88. The number of allylic oxidation sites excluding steroid dienone is 1. The normalized spacial score (nSPS) is 15.3. The number of nitrogens with zero attached hydrogens (tertiary/aromatic N) is 4. The number of nitrogens with one attached hydrogen (secondary N) is 1. The molecule has 9 nitrogen and oxygen atoms in total. The number of carbonyl (C=O) groups is 1. The summed E-state index contributed by atoms with van der Waals surface area (Å²) in [6, 6.07) is 5.10. The Kier molecular flexibility index (Phi) is 7.86. The van der Waals surface area contributed by atoms with Crippen LogP contribution in [0.25, 0.3) is 0 Å². The largest absolute Gasteiger partial charge is 0.493 e. The van der Waals surface area contributed by atoms with Crippen molar-refractivity contribution in [2.75, 3.05) is 25.6 Å². The Morgan fingerprint density at radius 1 is 1.13 bits per heavy atom. The molecule has 1 atom stereocenters. The number of anilines is 1. The number of hydrogen-bond acceptors (Lipinski definition) is 8. The average molecular weight is 430 g/mol. The Bertz CT molecular complexity index is 924. The number of fused-ring (bicyclic) bond motifs is 1. The van der Waals surface area contributed by atoms with Crippen molar-refractivity contribution in [1.82, 2.24) is 20.2 Å². The molecular formula is C22H31N5O4. The van der Waals surface area contributed by atoms with E-state index in [9.17, 15) is 4.79 Å². The second-order valence-electron chi connectivity index (χ2n) is 7.47. The summed E-state index contributed by atoms with van der Waals surface area (Å²) in [6.45, 7) is 7.03. The van der Waals surface area contributed by atoms with Gasteiger partial charge < -0.3 is 19.5 Å². The summed E-state index contributed by atoms with van der Waals surface area (Å²) in [5.41, 5.74) is 1.93. The summed E-state index contributed by atoms with van der Waals surface area (Å²) >= 11 is 0. The minimum atomic E-state index is -0.539. The number of methoxy groups -OCH3 is 1. The van der Waals surface area contributed by atoms with Gasteiger partial charge >= 0.3 is 5.97 Å². The van der Waals surface area contributed by atoms with Gasteiger partial charge in [0.25, 0.3) is 0 Å². The molecule has 1 unspecified atom stereocenters. The molecule has 1 aliphatic heterocycles. The van der Waals surface area contributed by atoms with Gasteiger partial charge in [-0.05, 0) is 47.9 Å². The first-order valence-electron chi connectivity index (χ1n) is 10.8. The van der Waals surface area contributed by atoms with Crippen LogP contribution in [0.1, 0.15) is 64.5 Å². The van der Waals surface area contributed by atoms with Crippen LogP contribution in [0.5, 0.6) is 11.5 Å². The van der Waals surface area contributed by atoms with Crippen molar-refractivity contribution in [3.05, 3.63) is 35.0 Å². The van der Waals surface area contributed by atoms with Crippen LogP contribution < -0.4 is 14.8 Å². The number of unbranched alkanes of at least 4 members (excludes halogenated alkanes) is 3. The summed E-state index contributed by atoms with van der Waals surface area (Å²) in [4.78, 5) is 13.0. The fraction of sp³-hybridized carbons (Fsp3) is 0.545. The molecule has 1 aromatic heterocycles. The van der Waals surface area contributed by atoms with Gasteiger partial charge in [-0.1, -0.05) is 44.3 Å². The van der Waals surface area contributed by atoms with Gasteiger partial charge in [0.15, 0.2) is 11.5 Å². The van der Waals surface area contributed by atoms with E-state index in [4.69, 9.17) is 14.2 Å². The van der Waals surface area contributed by atoms with E-state index in [1.807, 2.05) is 25.1 Å². The number of tetrazole rings is 1. The van der Waals surface area contributed by atoms with Crippen molar-refractivity contribution < 1.29 is 19.0 Å². The van der Waals surface area contributed by atoms with Crippen LogP contribution in [0.2, 0.25) is 0 Å². The highest BCUT2D eigenvalue weighted by molar-refractivity contribution is 5.92. The smallest absolute Gasteiger partial charge is 0.338 e. The lowest BCUT2D eigenvalue weighted by molar-refractivity contribution is -0.139. The monoisotopic (exact) mass is 429 g/mol. The highest BCUT2D eigenvalue weighted by Gasteiger charge is 2.35. The van der Waals surface area contributed by atoms with E-state index in [1.54, 1.807) is 11.8 Å². The van der Waals surface area contributed by atoms with Gasteiger partial charge in [-0.25, -0.2) is 4.79 Å². The Balaban J connectivity index is 1.92. The molecular weight excluding hydrogens is 398 g/mol. The molecule has 1 aliphatic rings. The quantitative estimate of drug-likeness (QED) is 0.424. The van der Waals surface area contributed by atoms with Gasteiger partial charge in [-0.15, -0.1) is 0 Å². The van der Waals surface area contributed by atoms with Crippen molar-refractivity contribution in [3.8, 4) is 11.5 Å². The van der Waals surface area contributed by atoms with Crippen molar-refractivity contribution in [2.24, 2.45) is 0 Å². The molecule has 0 saturated heterocycles. The second kappa shape index (κ2) is 10.8. The topological polar surface area (TPSA) is 100 Å². The predicted molar refractivity (Wildman–Crippen MR) is 116 cm³/mol. The van der Waals surface area contributed by atoms with Crippen LogP contribution in [-0.4, -0.2) is 46.5 Å². The minimum absolute atomic E-state index is 0.370. The number of esters is 1. The summed E-state index contributed by atoms with van der Waals surface area (Å²) in [7, 11) is 1.60. The first kappa shape index (κ1) is 22.6. The first-order valence-corrected chi connectivity index (χ1v) is 10.8. The van der Waals surface area contributed by atoms with Crippen LogP contribution in [0.15, 0.2) is 29.5 Å². The molecule has 0 spiro atoms. The van der Waals surface area contributed by atoms with Crippen molar-refractivity contribution in [1.29, 1.82) is 0 Å². The van der Waals surface area contributed by atoms with Crippen molar-refractivity contribution in [3.63, 3.8) is 0 Å². The van der Waals surface area contributed by atoms with Crippen LogP contribution in [-0.2, 0) is 9.53 Å². The molecule has 31 heavy (non-hydrogen) atoms. The summed E-state index contributed by atoms with van der Waals surface area (Å²) < 4.78 is 18.6. The van der Waals surface area contributed by atoms with Gasteiger partial charge in [0.2, 0.25) is 5.95 Å². The maximum Gasteiger partial charge on any atom is 0.338 e. The fourth-order valence-corrected chi connectivity index (χ4v) is 3.48. The third-order valence-corrected chi connectivity index (χ3v) is 5.17. The third kappa shape index (κ3) is 5.15. The SMILES string of the molecule is CCCCCOc1ccc(C2C(C(=O)OCCCC)=C(C)Nc3nnnn32)cc1OC. The molecule has 168 valence electrons. The van der Waals surface area contributed by atoms with E-state index in [0.29, 0.717) is 41.9 Å². The highest BCUT2D eigenvalue weighted by atomic mass is 16.5.